The van der Waals surface area contributed by atoms with Crippen LogP contribution >= 0.6 is 0 Å². The van der Waals surface area contributed by atoms with Gasteiger partial charge < -0.3 is 5.41 Å². The van der Waals surface area contributed by atoms with Crippen molar-refractivity contribution in [3.8, 4) is 0 Å². The fourth-order valence-corrected chi connectivity index (χ4v) is 1.17. The molecular weight excluding hydrogens is 172 g/mol. The summed E-state index contributed by atoms with van der Waals surface area (Å²) in [6.45, 7) is 1.83. The Labute approximate surface area is 75.9 Å². The molecule has 0 heterocycles. The second-order valence-electron chi connectivity index (χ2n) is 3.04. The van der Waals surface area contributed by atoms with Gasteiger partial charge in [0.1, 0.15) is 11.6 Å². The largest absolute Gasteiger partial charge is 0.313 e. The molecule has 70 valence electrons. The fourth-order valence-electron chi connectivity index (χ4n) is 1.17. The first-order chi connectivity index (χ1) is 6.13. The molecule has 0 amide bonds. The maximum absolute atomic E-state index is 12.7. The van der Waals surface area contributed by atoms with Crippen LogP contribution in [0.25, 0.3) is 0 Å². The topological polar surface area (TPSA) is 23.9 Å². The summed E-state index contributed by atoms with van der Waals surface area (Å²) < 4.78 is 25.5. The minimum Gasteiger partial charge on any atom is -0.313 e. The molecule has 1 aromatic rings. The molecule has 1 aromatic carbocycles. The van der Waals surface area contributed by atoms with Gasteiger partial charge in [0.15, 0.2) is 0 Å². The molecule has 1 N–H and O–H groups in total. The predicted octanol–water partition coefficient (Wildman–Crippen LogP) is 3.11. The summed E-state index contributed by atoms with van der Waals surface area (Å²) in [6.07, 6.45) is 1.75. The molecule has 0 spiro atoms. The number of rotatable bonds is 3. The van der Waals surface area contributed by atoms with E-state index in [1.54, 1.807) is 0 Å². The van der Waals surface area contributed by atoms with Crippen LogP contribution in [0.3, 0.4) is 0 Å². The molecule has 0 bridgehead atoms. The number of nitrogens with one attached hydrogen (secondary N) is 1. The van der Waals surface area contributed by atoms with Gasteiger partial charge in [-0.2, -0.15) is 0 Å². The third-order valence-electron chi connectivity index (χ3n) is 1.93. The van der Waals surface area contributed by atoms with E-state index in [4.69, 9.17) is 5.41 Å². The molecule has 1 nitrogen and oxygen atoms in total. The number of halogens is 2. The molecule has 0 aliphatic rings. The van der Waals surface area contributed by atoms with E-state index < -0.39 is 11.6 Å². The molecule has 0 aliphatic carbocycles. The lowest BCUT2D eigenvalue weighted by Crippen LogP contribution is -1.96. The molecule has 0 radical (unpaired) electrons. The summed E-state index contributed by atoms with van der Waals surface area (Å²) in [5, 5.41) is 6.88. The highest BCUT2D eigenvalue weighted by atomic mass is 19.1. The van der Waals surface area contributed by atoms with E-state index in [1.807, 2.05) is 6.92 Å². The first kappa shape index (κ1) is 9.84. The van der Waals surface area contributed by atoms with Crippen molar-refractivity contribution < 1.29 is 8.78 Å². The van der Waals surface area contributed by atoms with E-state index in [9.17, 15) is 8.78 Å². The van der Waals surface area contributed by atoms with Gasteiger partial charge in [0.05, 0.1) is 0 Å². The summed E-state index contributed by atoms with van der Waals surface area (Å²) in [4.78, 5) is 0. The average Bonchev–Trinajstić information content (AvgIpc) is 2.03. The lowest BCUT2D eigenvalue weighted by Gasteiger charge is -2.08. The van der Waals surface area contributed by atoms with E-state index in [0.717, 1.165) is 6.07 Å². The van der Waals surface area contributed by atoms with Crippen LogP contribution in [0.4, 0.5) is 8.78 Å². The molecule has 0 fully saturated rings. The Balaban J connectivity index is 2.93. The molecule has 1 unspecified atom stereocenters. The zero-order valence-electron chi connectivity index (χ0n) is 7.35. The Morgan fingerprint density at radius 2 is 1.85 bits per heavy atom. The van der Waals surface area contributed by atoms with Crippen LogP contribution in [0.2, 0.25) is 0 Å². The van der Waals surface area contributed by atoms with Crippen LogP contribution in [0, 0.1) is 17.0 Å². The monoisotopic (exact) mass is 183 g/mol. The minimum absolute atomic E-state index is 0.0114. The summed E-state index contributed by atoms with van der Waals surface area (Å²) in [5.74, 6) is -1.14. The summed E-state index contributed by atoms with van der Waals surface area (Å²) >= 11 is 0. The van der Waals surface area contributed by atoms with Crippen molar-refractivity contribution in [2.75, 3.05) is 0 Å². The van der Waals surface area contributed by atoms with Gasteiger partial charge in [-0.1, -0.05) is 6.92 Å². The standard InChI is InChI=1S/C10H11F2N/c1-7(2-3-13)8-4-9(11)6-10(12)5-8/h3-7,13H,2H2,1H3. The van der Waals surface area contributed by atoms with Gasteiger partial charge in [0, 0.05) is 6.07 Å². The van der Waals surface area contributed by atoms with Crippen molar-refractivity contribution in [2.45, 2.75) is 19.3 Å². The van der Waals surface area contributed by atoms with Crippen molar-refractivity contribution in [3.63, 3.8) is 0 Å². The van der Waals surface area contributed by atoms with Crippen molar-refractivity contribution >= 4 is 6.21 Å². The van der Waals surface area contributed by atoms with Gasteiger partial charge in [-0.05, 0) is 36.2 Å². The van der Waals surface area contributed by atoms with Crippen molar-refractivity contribution in [1.82, 2.24) is 0 Å². The third kappa shape index (κ3) is 2.61. The van der Waals surface area contributed by atoms with E-state index in [0.29, 0.717) is 12.0 Å². The van der Waals surface area contributed by atoms with Crippen molar-refractivity contribution in [3.05, 3.63) is 35.4 Å². The predicted molar refractivity (Wildman–Crippen MR) is 48.2 cm³/mol. The van der Waals surface area contributed by atoms with Gasteiger partial charge in [-0.3, -0.25) is 0 Å². The quantitative estimate of drug-likeness (QED) is 0.696. The van der Waals surface area contributed by atoms with Crippen LogP contribution in [-0.4, -0.2) is 6.21 Å². The maximum Gasteiger partial charge on any atom is 0.126 e. The first-order valence-electron chi connectivity index (χ1n) is 4.08. The van der Waals surface area contributed by atoms with Crippen LogP contribution in [0.15, 0.2) is 18.2 Å². The van der Waals surface area contributed by atoms with Crippen LogP contribution in [0.5, 0.6) is 0 Å². The zero-order valence-corrected chi connectivity index (χ0v) is 7.35. The SMILES string of the molecule is CC(CC=N)c1cc(F)cc(F)c1. The molecule has 0 saturated carbocycles. The number of hydrogen-bond acceptors (Lipinski definition) is 1. The zero-order chi connectivity index (χ0) is 9.84. The van der Waals surface area contributed by atoms with Crippen LogP contribution < -0.4 is 0 Å². The minimum atomic E-state index is -0.563. The van der Waals surface area contributed by atoms with Gasteiger partial charge in [0.2, 0.25) is 0 Å². The highest BCUT2D eigenvalue weighted by Crippen LogP contribution is 2.19. The summed E-state index contributed by atoms with van der Waals surface area (Å²) in [7, 11) is 0. The fraction of sp³-hybridized carbons (Fsp3) is 0.300. The van der Waals surface area contributed by atoms with Gasteiger partial charge >= 0.3 is 0 Å². The Bertz CT molecular complexity index is 290. The van der Waals surface area contributed by atoms with E-state index in [-0.39, 0.29) is 5.92 Å². The summed E-state index contributed by atoms with van der Waals surface area (Å²) in [6, 6.07) is 3.45. The van der Waals surface area contributed by atoms with E-state index in [1.165, 1.54) is 18.3 Å². The Kier molecular flexibility index (Phi) is 3.12. The van der Waals surface area contributed by atoms with Gasteiger partial charge in [-0.25, -0.2) is 8.78 Å². The van der Waals surface area contributed by atoms with Crippen molar-refractivity contribution in [2.24, 2.45) is 0 Å². The van der Waals surface area contributed by atoms with Crippen molar-refractivity contribution in [1.29, 1.82) is 5.41 Å². The number of benzene rings is 1. The van der Waals surface area contributed by atoms with Gasteiger partial charge in [-0.15, -0.1) is 0 Å². The first-order valence-corrected chi connectivity index (χ1v) is 4.08. The molecule has 1 atom stereocenters. The normalized spacial score (nSPS) is 12.5. The molecule has 0 aliphatic heterocycles. The second-order valence-corrected chi connectivity index (χ2v) is 3.04. The van der Waals surface area contributed by atoms with Crippen LogP contribution in [0.1, 0.15) is 24.8 Å². The lowest BCUT2D eigenvalue weighted by atomic mass is 9.98. The molecule has 13 heavy (non-hydrogen) atoms. The molecule has 3 heteroatoms. The third-order valence-corrected chi connectivity index (χ3v) is 1.93. The molecule has 0 aromatic heterocycles. The van der Waals surface area contributed by atoms with E-state index >= 15 is 0 Å². The smallest absolute Gasteiger partial charge is 0.126 e. The van der Waals surface area contributed by atoms with Gasteiger partial charge in [0.25, 0.3) is 0 Å². The maximum atomic E-state index is 12.7. The Morgan fingerprint density at radius 1 is 1.31 bits per heavy atom. The highest BCUT2D eigenvalue weighted by molar-refractivity contribution is 5.54. The Morgan fingerprint density at radius 3 is 2.31 bits per heavy atom. The highest BCUT2D eigenvalue weighted by Gasteiger charge is 2.06. The molecule has 0 saturated heterocycles. The molecule has 1 rings (SSSR count). The van der Waals surface area contributed by atoms with E-state index in [2.05, 4.69) is 0 Å². The molecular formula is C10H11F2N. The second kappa shape index (κ2) is 4.12. The lowest BCUT2D eigenvalue weighted by molar-refractivity contribution is 0.576. The Hall–Kier alpha value is -1.25. The summed E-state index contributed by atoms with van der Waals surface area (Å²) in [5.41, 5.74) is 0.598. The average molecular weight is 183 g/mol. The number of hydrogen-bond donors (Lipinski definition) is 1. The van der Waals surface area contributed by atoms with Crippen LogP contribution in [-0.2, 0) is 0 Å².